The molecule has 1 aromatic heterocycles. The largest absolute Gasteiger partial charge is 0.507 e. The maximum absolute atomic E-state index is 13.5. The number of fused-ring (bicyclic) bond motifs is 4. The second-order valence-electron chi connectivity index (χ2n) is 7.72. The molecule has 2 nitrogen and oxygen atoms in total. The van der Waals surface area contributed by atoms with Gasteiger partial charge in [0.15, 0.2) is 0 Å². The van der Waals surface area contributed by atoms with E-state index in [4.69, 9.17) is 0 Å². The third kappa shape index (κ3) is 2.33. The van der Waals surface area contributed by atoms with E-state index >= 15 is 0 Å². The van der Waals surface area contributed by atoms with Crippen LogP contribution >= 0.6 is 11.3 Å². The summed E-state index contributed by atoms with van der Waals surface area (Å²) < 4.78 is 14.3. The van der Waals surface area contributed by atoms with Gasteiger partial charge in [0.05, 0.1) is 15.8 Å². The molecule has 0 unspecified atom stereocenters. The zero-order valence-corrected chi connectivity index (χ0v) is 16.1. The molecule has 4 heteroatoms. The Morgan fingerprint density at radius 3 is 2.52 bits per heavy atom. The third-order valence-electron chi connectivity index (χ3n) is 5.53. The number of nitrogens with zero attached hydrogens (tertiary/aromatic N) is 1. The average Bonchev–Trinajstić information content (AvgIpc) is 3.11. The van der Waals surface area contributed by atoms with Crippen molar-refractivity contribution in [2.45, 2.75) is 26.2 Å². The first-order chi connectivity index (χ1) is 12.8. The first-order valence-electron chi connectivity index (χ1n) is 8.90. The molecule has 1 aliphatic rings. The molecule has 5 rings (SSSR count). The number of halogens is 1. The normalized spacial score (nSPS) is 14.4. The Hall–Kier alpha value is -2.72. The van der Waals surface area contributed by atoms with Gasteiger partial charge in [-0.15, -0.1) is 11.3 Å². The van der Waals surface area contributed by atoms with E-state index in [1.54, 1.807) is 6.07 Å². The highest BCUT2D eigenvalue weighted by Gasteiger charge is 2.36. The smallest absolute Gasteiger partial charge is 0.128 e. The quantitative estimate of drug-likeness (QED) is 0.416. The molecular formula is C23H18FNOS. The van der Waals surface area contributed by atoms with Gasteiger partial charge in [-0.3, -0.25) is 0 Å². The van der Waals surface area contributed by atoms with Gasteiger partial charge in [-0.1, -0.05) is 37.6 Å². The van der Waals surface area contributed by atoms with Gasteiger partial charge in [-0.2, -0.15) is 0 Å². The van der Waals surface area contributed by atoms with Gasteiger partial charge < -0.3 is 5.11 Å². The molecule has 3 aromatic carbocycles. The molecule has 1 aliphatic carbocycles. The standard InChI is InChI=1S/C23H18FNOS/c1-12-4-6-17-14(8-12)15-10-16(20(26)11-18(15)23(17,2)3)22-25-19-7-5-13(24)9-21(19)27-22/h4-11,26H,1-3H3. The van der Waals surface area contributed by atoms with Crippen LogP contribution in [0.3, 0.4) is 0 Å². The van der Waals surface area contributed by atoms with Crippen LogP contribution in [0.2, 0.25) is 0 Å². The molecule has 0 radical (unpaired) electrons. The van der Waals surface area contributed by atoms with Crippen molar-refractivity contribution >= 4 is 21.6 Å². The van der Waals surface area contributed by atoms with E-state index < -0.39 is 0 Å². The maximum Gasteiger partial charge on any atom is 0.128 e. The van der Waals surface area contributed by atoms with Crippen LogP contribution in [0.25, 0.3) is 31.9 Å². The lowest BCUT2D eigenvalue weighted by Gasteiger charge is -2.21. The first kappa shape index (κ1) is 16.5. The van der Waals surface area contributed by atoms with Crippen LogP contribution < -0.4 is 0 Å². The van der Waals surface area contributed by atoms with Crippen LogP contribution in [-0.2, 0) is 5.41 Å². The van der Waals surface area contributed by atoms with E-state index in [9.17, 15) is 9.50 Å². The Kier molecular flexibility index (Phi) is 3.29. The summed E-state index contributed by atoms with van der Waals surface area (Å²) in [7, 11) is 0. The summed E-state index contributed by atoms with van der Waals surface area (Å²) in [5.74, 6) is -0.0621. The lowest BCUT2D eigenvalue weighted by molar-refractivity contribution is 0.475. The number of phenolic OH excluding ortho intramolecular Hbond substituents is 1. The van der Waals surface area contributed by atoms with Crippen molar-refractivity contribution < 1.29 is 9.50 Å². The minimum Gasteiger partial charge on any atom is -0.507 e. The highest BCUT2D eigenvalue weighted by molar-refractivity contribution is 7.21. The predicted octanol–water partition coefficient (Wildman–Crippen LogP) is 6.42. The summed E-state index contributed by atoms with van der Waals surface area (Å²) in [5, 5.41) is 11.5. The fraction of sp³-hybridized carbons (Fsp3) is 0.174. The van der Waals surface area contributed by atoms with Crippen molar-refractivity contribution in [3.05, 3.63) is 71.0 Å². The molecule has 0 atom stereocenters. The molecule has 27 heavy (non-hydrogen) atoms. The van der Waals surface area contributed by atoms with Gasteiger partial charge >= 0.3 is 0 Å². The van der Waals surface area contributed by atoms with E-state index in [-0.39, 0.29) is 17.0 Å². The van der Waals surface area contributed by atoms with Crippen molar-refractivity contribution in [2.24, 2.45) is 0 Å². The minimum absolute atomic E-state index is 0.162. The van der Waals surface area contributed by atoms with E-state index in [1.165, 1.54) is 40.2 Å². The lowest BCUT2D eigenvalue weighted by Crippen LogP contribution is -2.14. The zero-order valence-electron chi connectivity index (χ0n) is 15.3. The molecule has 0 bridgehead atoms. The Labute approximate surface area is 161 Å². The van der Waals surface area contributed by atoms with Gasteiger partial charge in [0.1, 0.15) is 16.6 Å². The maximum atomic E-state index is 13.5. The Bertz CT molecular complexity index is 1240. The molecule has 1 N–H and O–H groups in total. The second kappa shape index (κ2) is 5.40. The number of phenols is 1. The van der Waals surface area contributed by atoms with Crippen molar-refractivity contribution in [3.8, 4) is 27.4 Å². The fourth-order valence-corrected chi connectivity index (χ4v) is 5.10. The number of thiazole rings is 1. The third-order valence-corrected chi connectivity index (χ3v) is 6.58. The van der Waals surface area contributed by atoms with E-state index in [0.29, 0.717) is 10.6 Å². The summed E-state index contributed by atoms with van der Waals surface area (Å²) in [6.07, 6.45) is 0. The van der Waals surface area contributed by atoms with Crippen LogP contribution in [0, 0.1) is 12.7 Å². The number of benzene rings is 3. The summed E-state index contributed by atoms with van der Waals surface area (Å²) in [6, 6.07) is 15.0. The van der Waals surface area contributed by atoms with E-state index in [0.717, 1.165) is 21.3 Å². The molecule has 1 heterocycles. The average molecular weight is 375 g/mol. The minimum atomic E-state index is -0.276. The lowest BCUT2D eigenvalue weighted by atomic mass is 9.82. The van der Waals surface area contributed by atoms with Gasteiger partial charge in [0, 0.05) is 5.41 Å². The van der Waals surface area contributed by atoms with Crippen LogP contribution in [0.4, 0.5) is 4.39 Å². The number of hydrogen-bond acceptors (Lipinski definition) is 3. The van der Waals surface area contributed by atoms with Gasteiger partial charge in [0.25, 0.3) is 0 Å². The Morgan fingerprint density at radius 2 is 1.70 bits per heavy atom. The predicted molar refractivity (Wildman–Crippen MR) is 109 cm³/mol. The van der Waals surface area contributed by atoms with Crippen molar-refractivity contribution in [1.29, 1.82) is 0 Å². The monoisotopic (exact) mass is 375 g/mol. The molecule has 134 valence electrons. The molecule has 0 amide bonds. The molecule has 0 spiro atoms. The van der Waals surface area contributed by atoms with Crippen molar-refractivity contribution in [3.63, 3.8) is 0 Å². The highest BCUT2D eigenvalue weighted by Crippen LogP contribution is 2.52. The van der Waals surface area contributed by atoms with E-state index in [2.05, 4.69) is 44.0 Å². The molecule has 0 saturated carbocycles. The molecule has 0 saturated heterocycles. The van der Waals surface area contributed by atoms with Crippen molar-refractivity contribution in [2.75, 3.05) is 0 Å². The van der Waals surface area contributed by atoms with Gasteiger partial charge in [-0.25, -0.2) is 9.37 Å². The van der Waals surface area contributed by atoms with Crippen LogP contribution in [0.1, 0.15) is 30.5 Å². The summed E-state index contributed by atoms with van der Waals surface area (Å²) >= 11 is 1.40. The highest BCUT2D eigenvalue weighted by atomic mass is 32.1. The van der Waals surface area contributed by atoms with Gasteiger partial charge in [-0.05, 0) is 59.5 Å². The van der Waals surface area contributed by atoms with E-state index in [1.807, 2.05) is 12.1 Å². The summed E-state index contributed by atoms with van der Waals surface area (Å²) in [6.45, 7) is 6.47. The number of rotatable bonds is 1. The van der Waals surface area contributed by atoms with Crippen LogP contribution in [-0.4, -0.2) is 10.1 Å². The number of aryl methyl sites for hydroxylation is 1. The van der Waals surface area contributed by atoms with Crippen molar-refractivity contribution in [1.82, 2.24) is 4.98 Å². The number of aromatic nitrogens is 1. The number of aromatic hydroxyl groups is 1. The summed E-state index contributed by atoms with van der Waals surface area (Å²) in [4.78, 5) is 4.61. The molecule has 0 fully saturated rings. The SMILES string of the molecule is Cc1ccc2c(c1)-c1cc(-c3nc4ccc(F)cc4s3)c(O)cc1C2(C)C. The van der Waals surface area contributed by atoms with Gasteiger partial charge in [0.2, 0.25) is 0 Å². The Balaban J connectivity index is 1.76. The number of hydrogen-bond donors (Lipinski definition) is 1. The Morgan fingerprint density at radius 1 is 0.926 bits per heavy atom. The molecule has 0 aliphatic heterocycles. The van der Waals surface area contributed by atoms with Crippen LogP contribution in [0.15, 0.2) is 48.5 Å². The zero-order chi connectivity index (χ0) is 18.9. The van der Waals surface area contributed by atoms with Crippen LogP contribution in [0.5, 0.6) is 5.75 Å². The first-order valence-corrected chi connectivity index (χ1v) is 9.72. The molecular weight excluding hydrogens is 357 g/mol. The second-order valence-corrected chi connectivity index (χ2v) is 8.75. The molecule has 4 aromatic rings. The topological polar surface area (TPSA) is 33.1 Å². The summed E-state index contributed by atoms with van der Waals surface area (Å²) in [5.41, 5.74) is 7.23. The fourth-order valence-electron chi connectivity index (χ4n) is 4.08.